The summed E-state index contributed by atoms with van der Waals surface area (Å²) in [5.74, 6) is 1.03. The van der Waals surface area contributed by atoms with Crippen LogP contribution in [0.1, 0.15) is 43.6 Å². The molecule has 0 aliphatic carbocycles. The molecule has 4 rings (SSSR count). The molecule has 0 saturated carbocycles. The van der Waals surface area contributed by atoms with E-state index in [4.69, 9.17) is 4.74 Å². The SMILES string of the molecule is CC(Sc1nnc(-c2ccc(C(C)(C)C)cc2)n1C)C(=O)c1ccc2c(c1)NC(=O)CO2. The van der Waals surface area contributed by atoms with Gasteiger partial charge < -0.3 is 14.6 Å². The predicted octanol–water partition coefficient (Wildman–Crippen LogP) is 4.47. The summed E-state index contributed by atoms with van der Waals surface area (Å²) in [7, 11) is 1.90. The van der Waals surface area contributed by atoms with Gasteiger partial charge in [0.1, 0.15) is 5.75 Å². The number of carbonyl (C=O) groups excluding carboxylic acids is 2. The molecule has 0 fully saturated rings. The molecule has 32 heavy (non-hydrogen) atoms. The van der Waals surface area contributed by atoms with Crippen LogP contribution in [-0.2, 0) is 17.3 Å². The number of nitrogens with one attached hydrogen (secondary N) is 1. The van der Waals surface area contributed by atoms with E-state index in [2.05, 4.69) is 60.6 Å². The van der Waals surface area contributed by atoms with Crippen molar-refractivity contribution >= 4 is 29.1 Å². The molecule has 2 heterocycles. The van der Waals surface area contributed by atoms with Crippen molar-refractivity contribution in [2.24, 2.45) is 7.05 Å². The van der Waals surface area contributed by atoms with Crippen molar-refractivity contribution in [3.63, 3.8) is 0 Å². The highest BCUT2D eigenvalue weighted by Crippen LogP contribution is 2.32. The first-order valence-corrected chi connectivity index (χ1v) is 11.3. The van der Waals surface area contributed by atoms with E-state index >= 15 is 0 Å². The number of fused-ring (bicyclic) bond motifs is 1. The molecule has 1 N–H and O–H groups in total. The van der Waals surface area contributed by atoms with E-state index in [-0.39, 0.29) is 29.0 Å². The lowest BCUT2D eigenvalue weighted by Gasteiger charge is -2.19. The van der Waals surface area contributed by atoms with Gasteiger partial charge in [-0.05, 0) is 36.1 Å². The van der Waals surface area contributed by atoms with E-state index in [1.165, 1.54) is 17.3 Å². The van der Waals surface area contributed by atoms with Gasteiger partial charge in [-0.25, -0.2) is 0 Å². The number of carbonyl (C=O) groups is 2. The highest BCUT2D eigenvalue weighted by molar-refractivity contribution is 8.00. The molecule has 0 radical (unpaired) electrons. The van der Waals surface area contributed by atoms with Crippen LogP contribution in [0.25, 0.3) is 11.4 Å². The fourth-order valence-electron chi connectivity index (χ4n) is 3.47. The molecule has 3 aromatic rings. The number of rotatable bonds is 5. The molecule has 2 aromatic carbocycles. The number of ketones is 1. The first-order valence-electron chi connectivity index (χ1n) is 10.4. The zero-order chi connectivity index (χ0) is 23.0. The molecule has 166 valence electrons. The minimum atomic E-state index is -0.382. The van der Waals surface area contributed by atoms with Crippen LogP contribution in [0.15, 0.2) is 47.6 Å². The van der Waals surface area contributed by atoms with E-state index in [0.29, 0.717) is 22.2 Å². The first kappa shape index (κ1) is 22.1. The van der Waals surface area contributed by atoms with Crippen molar-refractivity contribution in [1.82, 2.24) is 14.8 Å². The molecule has 8 heteroatoms. The van der Waals surface area contributed by atoms with E-state index < -0.39 is 0 Å². The number of Topliss-reactive ketones (excluding diaryl/α,β-unsaturated/α-hetero) is 1. The Balaban J connectivity index is 1.50. The van der Waals surface area contributed by atoms with Crippen LogP contribution in [0.5, 0.6) is 5.75 Å². The molecule has 1 amide bonds. The monoisotopic (exact) mass is 450 g/mol. The average Bonchev–Trinajstić information content (AvgIpc) is 3.12. The summed E-state index contributed by atoms with van der Waals surface area (Å²) in [6.45, 7) is 8.37. The quantitative estimate of drug-likeness (QED) is 0.456. The molecule has 0 bridgehead atoms. The topological polar surface area (TPSA) is 86.1 Å². The van der Waals surface area contributed by atoms with Gasteiger partial charge in [-0.1, -0.05) is 56.8 Å². The Morgan fingerprint density at radius 2 is 1.88 bits per heavy atom. The van der Waals surface area contributed by atoms with Crippen LogP contribution in [0.2, 0.25) is 0 Å². The number of amides is 1. The maximum atomic E-state index is 13.0. The van der Waals surface area contributed by atoms with Crippen LogP contribution < -0.4 is 10.1 Å². The Kier molecular flexibility index (Phi) is 5.81. The number of ether oxygens (including phenoxy) is 1. The van der Waals surface area contributed by atoms with Gasteiger partial charge in [0, 0.05) is 18.2 Å². The van der Waals surface area contributed by atoms with Gasteiger partial charge in [-0.2, -0.15) is 0 Å². The van der Waals surface area contributed by atoms with E-state index in [1.54, 1.807) is 18.2 Å². The summed E-state index contributed by atoms with van der Waals surface area (Å²) in [6.07, 6.45) is 0. The van der Waals surface area contributed by atoms with Gasteiger partial charge in [-0.3, -0.25) is 9.59 Å². The third kappa shape index (κ3) is 4.41. The first-order chi connectivity index (χ1) is 15.1. The van der Waals surface area contributed by atoms with Crippen LogP contribution in [0, 0.1) is 0 Å². The predicted molar refractivity (Wildman–Crippen MR) is 125 cm³/mol. The van der Waals surface area contributed by atoms with Crippen LogP contribution in [0.4, 0.5) is 5.69 Å². The third-order valence-corrected chi connectivity index (χ3v) is 6.53. The van der Waals surface area contributed by atoms with Gasteiger partial charge in [0.15, 0.2) is 23.4 Å². The van der Waals surface area contributed by atoms with Crippen LogP contribution in [-0.4, -0.2) is 38.3 Å². The van der Waals surface area contributed by atoms with Crippen molar-refractivity contribution in [2.45, 2.75) is 43.5 Å². The number of anilines is 1. The Morgan fingerprint density at radius 1 is 1.16 bits per heavy atom. The lowest BCUT2D eigenvalue weighted by molar-refractivity contribution is -0.118. The number of hydrogen-bond donors (Lipinski definition) is 1. The number of aromatic nitrogens is 3. The highest BCUT2D eigenvalue weighted by atomic mass is 32.2. The summed E-state index contributed by atoms with van der Waals surface area (Å²) in [6, 6.07) is 13.4. The standard InChI is InChI=1S/C24H26N4O3S/c1-14(21(30)16-8-11-19-18(12-16)25-20(29)13-31-19)32-23-27-26-22(28(23)5)15-6-9-17(10-7-15)24(2,3)4/h6-12,14H,13H2,1-5H3,(H,25,29). The molecule has 1 atom stereocenters. The number of benzene rings is 2. The van der Waals surface area contributed by atoms with Crippen LogP contribution >= 0.6 is 11.8 Å². The zero-order valence-corrected chi connectivity index (χ0v) is 19.6. The van der Waals surface area contributed by atoms with Crippen molar-refractivity contribution < 1.29 is 14.3 Å². The molecule has 0 spiro atoms. The Bertz CT molecular complexity index is 1180. The second-order valence-corrected chi connectivity index (χ2v) is 10.2. The van der Waals surface area contributed by atoms with Crippen molar-refractivity contribution in [1.29, 1.82) is 0 Å². The van der Waals surface area contributed by atoms with Crippen molar-refractivity contribution in [3.05, 3.63) is 53.6 Å². The largest absolute Gasteiger partial charge is 0.482 e. The lowest BCUT2D eigenvalue weighted by atomic mass is 9.87. The van der Waals surface area contributed by atoms with Gasteiger partial charge >= 0.3 is 0 Å². The summed E-state index contributed by atoms with van der Waals surface area (Å²) < 4.78 is 7.27. The molecule has 7 nitrogen and oxygen atoms in total. The zero-order valence-electron chi connectivity index (χ0n) is 18.8. The molecule has 1 unspecified atom stereocenters. The number of nitrogens with zero attached hydrogens (tertiary/aromatic N) is 3. The van der Waals surface area contributed by atoms with E-state index in [1.807, 2.05) is 18.5 Å². The lowest BCUT2D eigenvalue weighted by Crippen LogP contribution is -2.25. The Hall–Kier alpha value is -3.13. The fraction of sp³-hybridized carbons (Fsp3) is 0.333. The molecular weight excluding hydrogens is 424 g/mol. The molecule has 0 saturated heterocycles. The summed E-state index contributed by atoms with van der Waals surface area (Å²) in [5.41, 5.74) is 3.34. The van der Waals surface area contributed by atoms with Gasteiger partial charge in [0.05, 0.1) is 10.9 Å². The Morgan fingerprint density at radius 3 is 2.56 bits per heavy atom. The normalized spacial score (nSPS) is 14.3. The fourth-order valence-corrected chi connectivity index (χ4v) is 4.36. The van der Waals surface area contributed by atoms with Crippen LogP contribution in [0.3, 0.4) is 0 Å². The number of thioether (sulfide) groups is 1. The minimum Gasteiger partial charge on any atom is -0.482 e. The smallest absolute Gasteiger partial charge is 0.262 e. The van der Waals surface area contributed by atoms with Gasteiger partial charge in [-0.15, -0.1) is 10.2 Å². The summed E-state index contributed by atoms with van der Waals surface area (Å²) in [5, 5.41) is 11.7. The minimum absolute atomic E-state index is 0.0139. The maximum absolute atomic E-state index is 13.0. The average molecular weight is 451 g/mol. The molecule has 1 aliphatic rings. The van der Waals surface area contributed by atoms with E-state index in [0.717, 1.165) is 11.4 Å². The second kappa shape index (κ2) is 8.43. The van der Waals surface area contributed by atoms with Crippen molar-refractivity contribution in [2.75, 3.05) is 11.9 Å². The summed E-state index contributed by atoms with van der Waals surface area (Å²) in [4.78, 5) is 24.6. The van der Waals surface area contributed by atoms with E-state index in [9.17, 15) is 9.59 Å². The summed E-state index contributed by atoms with van der Waals surface area (Å²) >= 11 is 1.36. The van der Waals surface area contributed by atoms with Gasteiger partial charge in [0.2, 0.25) is 0 Å². The van der Waals surface area contributed by atoms with Crippen molar-refractivity contribution in [3.8, 4) is 17.1 Å². The Labute approximate surface area is 191 Å². The highest BCUT2D eigenvalue weighted by Gasteiger charge is 2.23. The molecule has 1 aromatic heterocycles. The second-order valence-electron chi connectivity index (χ2n) is 8.86. The van der Waals surface area contributed by atoms with Gasteiger partial charge in [0.25, 0.3) is 5.91 Å². The maximum Gasteiger partial charge on any atom is 0.262 e. The molecule has 1 aliphatic heterocycles. The number of hydrogen-bond acceptors (Lipinski definition) is 6. The third-order valence-electron chi connectivity index (χ3n) is 5.39. The molecular formula is C24H26N4O3S.